The Morgan fingerprint density at radius 2 is 1.63 bits per heavy atom. The molecule has 196 valence electrons. The van der Waals surface area contributed by atoms with Crippen molar-refractivity contribution in [2.45, 2.75) is 91.1 Å². The van der Waals surface area contributed by atoms with Crippen molar-refractivity contribution >= 4 is 0 Å². The van der Waals surface area contributed by atoms with Crippen LogP contribution >= 0.6 is 0 Å². The van der Waals surface area contributed by atoms with Crippen molar-refractivity contribution in [2.24, 2.45) is 0 Å². The highest BCUT2D eigenvalue weighted by atomic mass is 15.0. The van der Waals surface area contributed by atoms with Crippen molar-refractivity contribution in [3.8, 4) is 22.5 Å². The van der Waals surface area contributed by atoms with E-state index in [0.29, 0.717) is 6.04 Å². The fraction of sp³-hybridized carbons (Fsp3) is 0.389. The van der Waals surface area contributed by atoms with E-state index in [1.807, 2.05) is 0 Å². The molecule has 0 fully saturated rings. The largest absolute Gasteiger partial charge is 0.213 e. The van der Waals surface area contributed by atoms with Crippen molar-refractivity contribution < 1.29 is 9.13 Å². The van der Waals surface area contributed by atoms with Gasteiger partial charge in [-0.3, -0.25) is 0 Å². The van der Waals surface area contributed by atoms with Crippen LogP contribution in [0.1, 0.15) is 81.2 Å². The van der Waals surface area contributed by atoms with Gasteiger partial charge in [0.25, 0.3) is 0 Å². The van der Waals surface area contributed by atoms with Crippen molar-refractivity contribution in [3.63, 3.8) is 0 Å². The van der Waals surface area contributed by atoms with Crippen molar-refractivity contribution in [1.29, 1.82) is 0 Å². The smallest absolute Gasteiger partial charge is 0.198 e. The lowest BCUT2D eigenvalue weighted by Gasteiger charge is -2.41. The molecule has 0 aliphatic carbocycles. The van der Waals surface area contributed by atoms with Crippen molar-refractivity contribution in [3.05, 3.63) is 107 Å². The summed E-state index contributed by atoms with van der Waals surface area (Å²) in [6.45, 7) is 12.5. The Kier molecular flexibility index (Phi) is 7.79. The maximum absolute atomic E-state index is 2.65. The minimum Gasteiger partial charge on any atom is -0.198 e. The molecule has 2 aromatic carbocycles. The number of benzene rings is 2. The maximum atomic E-state index is 2.65. The standard InChI is InChI=1S/C36H44N2/c1-6-9-14-29-20-21-34-30-15-10-11-16-32(30)36(8-3,35(7-2)38(34)26-29)22-24-37-23-13-12-17-33(37)31-25-27(4)18-19-28(31)5/h10-13,15-21,23,25-26,35H,6-9,14,22,24H2,1-5H3/q+2. The summed E-state index contributed by atoms with van der Waals surface area (Å²) >= 11 is 0. The molecule has 0 amide bonds. The number of nitrogens with zero attached hydrogens (tertiary/aromatic N) is 2. The highest BCUT2D eigenvalue weighted by molar-refractivity contribution is 5.65. The fourth-order valence-electron chi connectivity index (χ4n) is 6.90. The number of rotatable bonds is 9. The molecule has 3 heterocycles. The van der Waals surface area contributed by atoms with E-state index in [-0.39, 0.29) is 5.41 Å². The summed E-state index contributed by atoms with van der Waals surface area (Å²) < 4.78 is 5.14. The molecule has 1 aliphatic rings. The quantitative estimate of drug-likeness (QED) is 0.203. The van der Waals surface area contributed by atoms with Gasteiger partial charge in [-0.25, -0.2) is 0 Å². The molecule has 2 unspecified atom stereocenters. The summed E-state index contributed by atoms with van der Waals surface area (Å²) in [5.74, 6) is 0. The van der Waals surface area contributed by atoms with Gasteiger partial charge in [-0.15, -0.1) is 0 Å². The number of fused-ring (bicyclic) bond motifs is 3. The number of aromatic nitrogens is 2. The van der Waals surface area contributed by atoms with Crippen molar-refractivity contribution in [1.82, 2.24) is 0 Å². The fourth-order valence-corrected chi connectivity index (χ4v) is 6.90. The summed E-state index contributed by atoms with van der Waals surface area (Å²) in [6, 6.07) is 27.9. The third-order valence-corrected chi connectivity index (χ3v) is 9.00. The Labute approximate surface area is 230 Å². The van der Waals surface area contributed by atoms with Crippen LogP contribution in [0.4, 0.5) is 0 Å². The zero-order valence-corrected chi connectivity index (χ0v) is 24.0. The van der Waals surface area contributed by atoms with Gasteiger partial charge in [0.05, 0.1) is 11.0 Å². The van der Waals surface area contributed by atoms with Gasteiger partial charge < -0.3 is 0 Å². The summed E-state index contributed by atoms with van der Waals surface area (Å²) in [5.41, 5.74) is 11.2. The first kappa shape index (κ1) is 26.4. The second kappa shape index (κ2) is 11.2. The van der Waals surface area contributed by atoms with Gasteiger partial charge in [0.2, 0.25) is 11.4 Å². The van der Waals surface area contributed by atoms with Gasteiger partial charge in [-0.05, 0) is 68.5 Å². The van der Waals surface area contributed by atoms with Crippen LogP contribution in [0.3, 0.4) is 0 Å². The van der Waals surface area contributed by atoms with Crippen LogP contribution in [0.2, 0.25) is 0 Å². The predicted molar refractivity (Wildman–Crippen MR) is 158 cm³/mol. The molecule has 2 aromatic heterocycles. The van der Waals surface area contributed by atoms with Crippen LogP contribution < -0.4 is 9.13 Å². The highest BCUT2D eigenvalue weighted by Gasteiger charge is 2.50. The average Bonchev–Trinajstić information content (AvgIpc) is 2.96. The Bertz CT molecular complexity index is 1420. The number of unbranched alkanes of at least 4 members (excludes halogenated alkanes) is 1. The lowest BCUT2D eigenvalue weighted by atomic mass is 9.65. The van der Waals surface area contributed by atoms with E-state index in [1.165, 1.54) is 57.6 Å². The molecular formula is C36H44N2+2. The number of hydrogen-bond acceptors (Lipinski definition) is 0. The summed E-state index contributed by atoms with van der Waals surface area (Å²) in [4.78, 5) is 0. The Morgan fingerprint density at radius 3 is 2.42 bits per heavy atom. The van der Waals surface area contributed by atoms with Crippen LogP contribution in [-0.2, 0) is 18.4 Å². The van der Waals surface area contributed by atoms with E-state index < -0.39 is 0 Å². The molecule has 0 spiro atoms. The number of pyridine rings is 2. The van der Waals surface area contributed by atoms with Gasteiger partial charge in [-0.1, -0.05) is 63.1 Å². The third-order valence-electron chi connectivity index (χ3n) is 9.00. The normalized spacial score (nSPS) is 18.2. The van der Waals surface area contributed by atoms with Crippen LogP contribution in [0.5, 0.6) is 0 Å². The molecule has 0 radical (unpaired) electrons. The summed E-state index contributed by atoms with van der Waals surface area (Å²) in [7, 11) is 0. The second-order valence-electron chi connectivity index (χ2n) is 11.3. The zero-order chi connectivity index (χ0) is 26.7. The lowest BCUT2D eigenvalue weighted by molar-refractivity contribution is -0.730. The van der Waals surface area contributed by atoms with E-state index in [2.05, 4.69) is 129 Å². The zero-order valence-electron chi connectivity index (χ0n) is 24.0. The molecule has 2 nitrogen and oxygen atoms in total. The van der Waals surface area contributed by atoms with Crippen molar-refractivity contribution in [2.75, 3.05) is 0 Å². The van der Waals surface area contributed by atoms with E-state index in [9.17, 15) is 0 Å². The van der Waals surface area contributed by atoms with Crippen LogP contribution in [0, 0.1) is 13.8 Å². The minimum absolute atomic E-state index is 0.0775. The van der Waals surface area contributed by atoms with E-state index in [4.69, 9.17) is 0 Å². The molecule has 0 N–H and O–H groups in total. The second-order valence-corrected chi connectivity index (χ2v) is 11.3. The molecule has 5 rings (SSSR count). The highest BCUT2D eigenvalue weighted by Crippen LogP contribution is 2.48. The predicted octanol–water partition coefficient (Wildman–Crippen LogP) is 8.26. The Hall–Kier alpha value is -3.26. The number of hydrogen-bond donors (Lipinski definition) is 0. The topological polar surface area (TPSA) is 7.76 Å². The Morgan fingerprint density at radius 1 is 0.816 bits per heavy atom. The molecule has 0 saturated carbocycles. The third kappa shape index (κ3) is 4.70. The minimum atomic E-state index is 0.0775. The number of aryl methyl sites for hydroxylation is 4. The van der Waals surface area contributed by atoms with Gasteiger partial charge in [0, 0.05) is 42.2 Å². The van der Waals surface area contributed by atoms with Crippen LogP contribution in [-0.4, -0.2) is 0 Å². The van der Waals surface area contributed by atoms with E-state index >= 15 is 0 Å². The van der Waals surface area contributed by atoms with Crippen LogP contribution in [0.25, 0.3) is 22.5 Å². The molecule has 1 aliphatic heterocycles. The van der Waals surface area contributed by atoms with Gasteiger partial charge in [0.1, 0.15) is 6.54 Å². The van der Waals surface area contributed by atoms with E-state index in [1.54, 1.807) is 0 Å². The lowest BCUT2D eigenvalue weighted by Crippen LogP contribution is -2.57. The maximum Gasteiger partial charge on any atom is 0.213 e. The molecule has 0 saturated heterocycles. The average molecular weight is 505 g/mol. The molecule has 38 heavy (non-hydrogen) atoms. The Balaban J connectivity index is 1.59. The first-order valence-electron chi connectivity index (χ1n) is 14.7. The molecule has 2 atom stereocenters. The summed E-state index contributed by atoms with van der Waals surface area (Å²) in [6.07, 6.45) is 11.8. The molecule has 4 aromatic rings. The summed E-state index contributed by atoms with van der Waals surface area (Å²) in [5, 5.41) is 0. The van der Waals surface area contributed by atoms with Crippen LogP contribution in [0.15, 0.2) is 85.2 Å². The van der Waals surface area contributed by atoms with Gasteiger partial charge >= 0.3 is 0 Å². The molecule has 2 heteroatoms. The van der Waals surface area contributed by atoms with E-state index in [0.717, 1.165) is 32.2 Å². The molecular weight excluding hydrogens is 460 g/mol. The molecule has 0 bridgehead atoms. The monoisotopic (exact) mass is 504 g/mol. The van der Waals surface area contributed by atoms with Gasteiger partial charge in [0.15, 0.2) is 18.4 Å². The first-order chi connectivity index (χ1) is 18.5. The van der Waals surface area contributed by atoms with Gasteiger partial charge in [-0.2, -0.15) is 9.13 Å². The SMILES string of the molecule is CCCCc1ccc2[n+](c1)C(CC)C(CC)(CC[n+]1ccccc1-c1cc(C)ccc1C)c1ccccc1-2. The first-order valence-corrected chi connectivity index (χ1v) is 14.7.